The highest BCUT2D eigenvalue weighted by molar-refractivity contribution is 4.78. The Kier molecular flexibility index (Phi) is 11.1. The Morgan fingerprint density at radius 3 is 2.71 bits per heavy atom. The Bertz CT molecular complexity index is 239. The minimum absolute atomic E-state index is 0.378. The average Bonchev–Trinajstić information content (AvgIpc) is 2.87. The number of hydrogen-bond acceptors (Lipinski definition) is 4. The van der Waals surface area contributed by atoms with Gasteiger partial charge < -0.3 is 20.1 Å². The van der Waals surface area contributed by atoms with Crippen molar-refractivity contribution in [3.63, 3.8) is 0 Å². The smallest absolute Gasteiger partial charge is 0.0897 e. The number of likely N-dealkylation sites (N-methyl/N-ethyl adjacent to an activating group) is 1. The van der Waals surface area contributed by atoms with E-state index in [0.717, 1.165) is 19.6 Å². The highest BCUT2D eigenvalue weighted by atomic mass is 16.5. The molecular formula is C17H36N2O2. The predicted octanol–water partition coefficient (Wildman–Crippen LogP) is 2.41. The Labute approximate surface area is 131 Å². The lowest BCUT2D eigenvalue weighted by molar-refractivity contribution is 0.0349. The Morgan fingerprint density at radius 1 is 1.24 bits per heavy atom. The Hall–Kier alpha value is -0.160. The third kappa shape index (κ3) is 9.46. The lowest BCUT2D eigenvalue weighted by Crippen LogP contribution is -2.39. The quantitative estimate of drug-likeness (QED) is 0.513. The summed E-state index contributed by atoms with van der Waals surface area (Å²) in [5.74, 6) is 0. The molecule has 4 heteroatoms. The van der Waals surface area contributed by atoms with Gasteiger partial charge in [0.1, 0.15) is 0 Å². The summed E-state index contributed by atoms with van der Waals surface area (Å²) in [6, 6.07) is 0.640. The number of nitrogens with one attached hydrogen (secondary N) is 1. The third-order valence-corrected chi connectivity index (χ3v) is 4.38. The van der Waals surface area contributed by atoms with Crippen molar-refractivity contribution in [1.29, 1.82) is 0 Å². The van der Waals surface area contributed by atoms with Crippen molar-refractivity contribution in [2.24, 2.45) is 0 Å². The molecule has 1 rings (SSSR count). The van der Waals surface area contributed by atoms with Gasteiger partial charge in [0, 0.05) is 25.7 Å². The molecule has 2 atom stereocenters. The number of rotatable bonds is 13. The van der Waals surface area contributed by atoms with Gasteiger partial charge in [-0.15, -0.1) is 0 Å². The van der Waals surface area contributed by atoms with Gasteiger partial charge >= 0.3 is 0 Å². The van der Waals surface area contributed by atoms with Crippen LogP contribution in [0.2, 0.25) is 0 Å². The van der Waals surface area contributed by atoms with Gasteiger partial charge in [0.05, 0.1) is 12.7 Å². The van der Waals surface area contributed by atoms with Crippen LogP contribution in [-0.4, -0.2) is 62.0 Å². The van der Waals surface area contributed by atoms with Crippen LogP contribution >= 0.6 is 0 Å². The maximum Gasteiger partial charge on any atom is 0.0897 e. The van der Waals surface area contributed by atoms with E-state index in [1.165, 1.54) is 51.5 Å². The van der Waals surface area contributed by atoms with Crippen molar-refractivity contribution < 1.29 is 9.84 Å². The molecule has 21 heavy (non-hydrogen) atoms. The molecule has 0 amide bonds. The standard InChI is InChI=1S/C17H36N2O2/c1-3-4-5-6-7-8-12-21-15-17(20)14-18-13-16-10-9-11-19(16)2/h16-18,20H,3-15H2,1-2H3. The van der Waals surface area contributed by atoms with Gasteiger partial charge in [-0.2, -0.15) is 0 Å². The molecule has 2 unspecified atom stereocenters. The van der Waals surface area contributed by atoms with Crippen molar-refractivity contribution in [1.82, 2.24) is 10.2 Å². The minimum atomic E-state index is -0.378. The van der Waals surface area contributed by atoms with Crippen LogP contribution in [0.3, 0.4) is 0 Å². The topological polar surface area (TPSA) is 44.7 Å². The highest BCUT2D eigenvalue weighted by Crippen LogP contribution is 2.13. The van der Waals surface area contributed by atoms with Crippen LogP contribution in [0.5, 0.6) is 0 Å². The van der Waals surface area contributed by atoms with Crippen molar-refractivity contribution in [3.05, 3.63) is 0 Å². The SMILES string of the molecule is CCCCCCCCOCC(O)CNCC1CCCN1C. The van der Waals surface area contributed by atoms with Crippen LogP contribution in [0.1, 0.15) is 58.3 Å². The van der Waals surface area contributed by atoms with Crippen LogP contribution in [-0.2, 0) is 4.74 Å². The van der Waals surface area contributed by atoms with E-state index in [-0.39, 0.29) is 6.10 Å². The van der Waals surface area contributed by atoms with Crippen LogP contribution in [0, 0.1) is 0 Å². The lowest BCUT2D eigenvalue weighted by atomic mass is 10.1. The van der Waals surface area contributed by atoms with Crippen molar-refractivity contribution in [2.75, 3.05) is 39.9 Å². The number of nitrogens with zero attached hydrogens (tertiary/aromatic N) is 1. The molecule has 0 radical (unpaired) electrons. The van der Waals surface area contributed by atoms with Gasteiger partial charge in [-0.05, 0) is 32.9 Å². The first-order chi connectivity index (χ1) is 10.2. The fourth-order valence-electron chi connectivity index (χ4n) is 2.92. The molecule has 4 nitrogen and oxygen atoms in total. The lowest BCUT2D eigenvalue weighted by Gasteiger charge is -2.20. The summed E-state index contributed by atoms with van der Waals surface area (Å²) in [4.78, 5) is 2.40. The molecule has 0 aromatic carbocycles. The molecule has 1 saturated heterocycles. The molecule has 0 bridgehead atoms. The Balaban J connectivity index is 1.84. The van der Waals surface area contributed by atoms with Crippen LogP contribution in [0.4, 0.5) is 0 Å². The van der Waals surface area contributed by atoms with E-state index in [1.807, 2.05) is 0 Å². The van der Waals surface area contributed by atoms with Crippen LogP contribution < -0.4 is 5.32 Å². The van der Waals surface area contributed by atoms with E-state index in [2.05, 4.69) is 24.2 Å². The summed E-state index contributed by atoms with van der Waals surface area (Å²) < 4.78 is 5.55. The number of aliphatic hydroxyl groups excluding tert-OH is 1. The highest BCUT2D eigenvalue weighted by Gasteiger charge is 2.20. The average molecular weight is 300 g/mol. The van der Waals surface area contributed by atoms with Crippen molar-refractivity contribution in [2.45, 2.75) is 70.4 Å². The van der Waals surface area contributed by atoms with Gasteiger partial charge in [0.25, 0.3) is 0 Å². The molecule has 0 aromatic heterocycles. The maximum atomic E-state index is 9.86. The molecule has 1 heterocycles. The van der Waals surface area contributed by atoms with Crippen LogP contribution in [0.15, 0.2) is 0 Å². The zero-order valence-electron chi connectivity index (χ0n) is 14.1. The van der Waals surface area contributed by atoms with E-state index >= 15 is 0 Å². The van der Waals surface area contributed by atoms with Crippen LogP contribution in [0.25, 0.3) is 0 Å². The fraction of sp³-hybridized carbons (Fsp3) is 1.00. The summed E-state index contributed by atoms with van der Waals surface area (Å²) in [6.45, 7) is 6.31. The maximum absolute atomic E-state index is 9.86. The monoisotopic (exact) mass is 300 g/mol. The zero-order valence-corrected chi connectivity index (χ0v) is 14.1. The molecule has 1 aliphatic heterocycles. The van der Waals surface area contributed by atoms with E-state index in [4.69, 9.17) is 4.74 Å². The Morgan fingerprint density at radius 2 is 2.00 bits per heavy atom. The summed E-state index contributed by atoms with van der Waals surface area (Å²) in [5.41, 5.74) is 0. The van der Waals surface area contributed by atoms with Gasteiger partial charge in [0.2, 0.25) is 0 Å². The summed E-state index contributed by atoms with van der Waals surface area (Å²) in [6.07, 6.45) is 9.87. The molecule has 126 valence electrons. The molecule has 0 aromatic rings. The second kappa shape index (κ2) is 12.4. The van der Waals surface area contributed by atoms with E-state index < -0.39 is 0 Å². The third-order valence-electron chi connectivity index (χ3n) is 4.38. The van der Waals surface area contributed by atoms with Gasteiger partial charge in [0.15, 0.2) is 0 Å². The summed E-state index contributed by atoms with van der Waals surface area (Å²) in [7, 11) is 2.18. The normalized spacial score (nSPS) is 21.0. The molecule has 1 fully saturated rings. The van der Waals surface area contributed by atoms with Crippen molar-refractivity contribution in [3.8, 4) is 0 Å². The largest absolute Gasteiger partial charge is 0.389 e. The molecule has 0 aliphatic carbocycles. The van der Waals surface area contributed by atoms with E-state index in [0.29, 0.717) is 19.2 Å². The minimum Gasteiger partial charge on any atom is -0.389 e. The van der Waals surface area contributed by atoms with Gasteiger partial charge in [-0.25, -0.2) is 0 Å². The first-order valence-electron chi connectivity index (χ1n) is 8.90. The van der Waals surface area contributed by atoms with Gasteiger partial charge in [-0.1, -0.05) is 39.0 Å². The number of ether oxygens (including phenoxy) is 1. The number of likely N-dealkylation sites (tertiary alicyclic amines) is 1. The number of unbranched alkanes of at least 4 members (excludes halogenated alkanes) is 5. The molecule has 0 saturated carbocycles. The van der Waals surface area contributed by atoms with E-state index in [1.54, 1.807) is 0 Å². The number of hydrogen-bond donors (Lipinski definition) is 2. The fourth-order valence-corrected chi connectivity index (χ4v) is 2.92. The van der Waals surface area contributed by atoms with E-state index in [9.17, 15) is 5.11 Å². The van der Waals surface area contributed by atoms with Crippen molar-refractivity contribution >= 4 is 0 Å². The first kappa shape index (κ1) is 18.9. The predicted molar refractivity (Wildman–Crippen MR) is 88.7 cm³/mol. The second-order valence-corrected chi connectivity index (χ2v) is 6.43. The zero-order chi connectivity index (χ0) is 15.3. The summed E-state index contributed by atoms with van der Waals surface area (Å²) >= 11 is 0. The molecule has 0 spiro atoms. The number of aliphatic hydroxyl groups is 1. The molecular weight excluding hydrogens is 264 g/mol. The van der Waals surface area contributed by atoms with Gasteiger partial charge in [-0.3, -0.25) is 0 Å². The molecule has 1 aliphatic rings. The second-order valence-electron chi connectivity index (χ2n) is 6.43. The summed E-state index contributed by atoms with van der Waals surface area (Å²) in [5, 5.41) is 13.2. The first-order valence-corrected chi connectivity index (χ1v) is 8.90. The molecule has 2 N–H and O–H groups in total.